The number of carbonyl (C=O) groups excluding carboxylic acids is 1. The highest BCUT2D eigenvalue weighted by atomic mass is 35.6. The van der Waals surface area contributed by atoms with Crippen LogP contribution >= 0.6 is 34.8 Å². The smallest absolute Gasteiger partial charge is 0.223 e. The lowest BCUT2D eigenvalue weighted by Crippen LogP contribution is -2.57. The Balaban J connectivity index is 1.88. The predicted octanol–water partition coefficient (Wildman–Crippen LogP) is 5.18. The van der Waals surface area contributed by atoms with Gasteiger partial charge >= 0.3 is 0 Å². The fraction of sp³-hybridized carbons (Fsp3) is 0.944. The van der Waals surface area contributed by atoms with Crippen molar-refractivity contribution in [2.45, 2.75) is 88.1 Å². The summed E-state index contributed by atoms with van der Waals surface area (Å²) in [5.41, 5.74) is 0.221. The first-order chi connectivity index (χ1) is 11.1. The minimum absolute atomic E-state index is 0.0257. The number of halogens is 3. The Morgan fingerprint density at radius 1 is 1.17 bits per heavy atom. The lowest BCUT2D eigenvalue weighted by Gasteiger charge is -2.52. The molecular formula is C18H31Cl3N2O. The predicted molar refractivity (Wildman–Crippen MR) is 103 cm³/mol. The molecule has 2 fully saturated rings. The zero-order valence-corrected chi connectivity index (χ0v) is 17.3. The highest BCUT2D eigenvalue weighted by molar-refractivity contribution is 6.68. The molecule has 0 heterocycles. The van der Waals surface area contributed by atoms with Crippen LogP contribution in [0.1, 0.15) is 72.1 Å². The highest BCUT2D eigenvalue weighted by Crippen LogP contribution is 2.54. The van der Waals surface area contributed by atoms with Crippen LogP contribution in [0.3, 0.4) is 0 Å². The third-order valence-corrected chi connectivity index (χ3v) is 6.89. The lowest BCUT2D eigenvalue weighted by molar-refractivity contribution is -0.128. The molecule has 3 unspecified atom stereocenters. The van der Waals surface area contributed by atoms with E-state index in [9.17, 15) is 4.79 Å². The molecule has 2 aliphatic carbocycles. The van der Waals surface area contributed by atoms with E-state index in [4.69, 9.17) is 34.8 Å². The molecule has 0 aromatic heterocycles. The van der Waals surface area contributed by atoms with E-state index in [1.807, 2.05) is 0 Å². The third kappa shape index (κ3) is 5.16. The average molecular weight is 398 g/mol. The molecule has 2 saturated carbocycles. The molecule has 2 N–H and O–H groups in total. The van der Waals surface area contributed by atoms with Gasteiger partial charge in [0.2, 0.25) is 9.70 Å². The standard InChI is InChI=1S/C18H31Cl3N2O/c1-4-12-10-13(17(12,2)3)11-15(24)23-16(18(19,20)21)22-14-8-6-5-7-9-14/h12-14,16,22H,4-11H2,1-3H3,(H,23,24). The van der Waals surface area contributed by atoms with Crippen LogP contribution in [0.4, 0.5) is 0 Å². The molecule has 0 bridgehead atoms. The summed E-state index contributed by atoms with van der Waals surface area (Å²) >= 11 is 18.3. The topological polar surface area (TPSA) is 41.1 Å². The number of amides is 1. The molecule has 0 saturated heterocycles. The van der Waals surface area contributed by atoms with Crippen molar-refractivity contribution in [3.05, 3.63) is 0 Å². The van der Waals surface area contributed by atoms with Crippen LogP contribution in [0, 0.1) is 17.3 Å². The maximum atomic E-state index is 12.5. The Bertz CT molecular complexity index is 430. The van der Waals surface area contributed by atoms with E-state index in [0.717, 1.165) is 19.3 Å². The summed E-state index contributed by atoms with van der Waals surface area (Å²) in [5, 5.41) is 6.28. The molecule has 2 rings (SSSR count). The van der Waals surface area contributed by atoms with Gasteiger partial charge in [0.1, 0.15) is 6.17 Å². The van der Waals surface area contributed by atoms with E-state index in [1.165, 1.54) is 25.7 Å². The molecule has 0 aromatic carbocycles. The SMILES string of the molecule is CCC1CC(CC(=O)NC(NC2CCCCC2)C(Cl)(Cl)Cl)C1(C)C. The quantitative estimate of drug-likeness (QED) is 0.478. The van der Waals surface area contributed by atoms with Crippen LogP contribution in [0.2, 0.25) is 0 Å². The summed E-state index contributed by atoms with van der Waals surface area (Å²) in [6.07, 6.45) is 7.94. The zero-order chi connectivity index (χ0) is 18.0. The van der Waals surface area contributed by atoms with Crippen molar-refractivity contribution < 1.29 is 4.79 Å². The summed E-state index contributed by atoms with van der Waals surface area (Å²) in [7, 11) is 0. The molecule has 0 spiro atoms. The fourth-order valence-corrected chi connectivity index (χ4v) is 4.68. The zero-order valence-electron chi connectivity index (χ0n) is 15.0. The van der Waals surface area contributed by atoms with E-state index < -0.39 is 9.96 Å². The summed E-state index contributed by atoms with van der Waals surface area (Å²) in [4.78, 5) is 12.5. The molecule has 0 aromatic rings. The summed E-state index contributed by atoms with van der Waals surface area (Å²) in [6.45, 7) is 6.74. The van der Waals surface area contributed by atoms with Gasteiger partial charge in [-0.15, -0.1) is 0 Å². The number of hydrogen-bond donors (Lipinski definition) is 2. The van der Waals surface area contributed by atoms with Crippen molar-refractivity contribution in [1.82, 2.24) is 10.6 Å². The van der Waals surface area contributed by atoms with Gasteiger partial charge in [-0.25, -0.2) is 0 Å². The van der Waals surface area contributed by atoms with Gasteiger partial charge in [0.15, 0.2) is 0 Å². The van der Waals surface area contributed by atoms with Crippen molar-refractivity contribution in [3.8, 4) is 0 Å². The van der Waals surface area contributed by atoms with Gasteiger partial charge in [0.25, 0.3) is 0 Å². The first-order valence-corrected chi connectivity index (χ1v) is 10.4. The van der Waals surface area contributed by atoms with Gasteiger partial charge < -0.3 is 5.32 Å². The Morgan fingerprint density at radius 2 is 1.79 bits per heavy atom. The van der Waals surface area contributed by atoms with Crippen LogP contribution in [0.15, 0.2) is 0 Å². The van der Waals surface area contributed by atoms with Gasteiger partial charge in [-0.2, -0.15) is 0 Å². The normalized spacial score (nSPS) is 28.9. The number of rotatable bonds is 6. The molecule has 1 amide bonds. The van der Waals surface area contributed by atoms with E-state index in [0.29, 0.717) is 24.3 Å². The van der Waals surface area contributed by atoms with Crippen molar-refractivity contribution in [3.63, 3.8) is 0 Å². The fourth-order valence-electron chi connectivity index (χ4n) is 4.33. The average Bonchev–Trinajstić information content (AvgIpc) is 2.50. The highest BCUT2D eigenvalue weighted by Gasteiger charge is 2.47. The van der Waals surface area contributed by atoms with Gasteiger partial charge in [-0.3, -0.25) is 10.1 Å². The van der Waals surface area contributed by atoms with Gasteiger partial charge in [0.05, 0.1) is 0 Å². The van der Waals surface area contributed by atoms with E-state index in [-0.39, 0.29) is 11.3 Å². The number of alkyl halides is 3. The van der Waals surface area contributed by atoms with Crippen molar-refractivity contribution in [2.75, 3.05) is 0 Å². The number of hydrogen-bond acceptors (Lipinski definition) is 2. The van der Waals surface area contributed by atoms with Crippen molar-refractivity contribution in [1.29, 1.82) is 0 Å². The summed E-state index contributed by atoms with van der Waals surface area (Å²) < 4.78 is -1.55. The Kier molecular flexibility index (Phi) is 7.15. The molecule has 3 nitrogen and oxygen atoms in total. The first-order valence-electron chi connectivity index (χ1n) is 9.26. The summed E-state index contributed by atoms with van der Waals surface area (Å²) in [5.74, 6) is 1.09. The second-order valence-electron chi connectivity index (χ2n) is 8.11. The van der Waals surface area contributed by atoms with Crippen LogP contribution in [0.5, 0.6) is 0 Å². The Morgan fingerprint density at radius 3 is 2.29 bits per heavy atom. The third-order valence-electron chi connectivity index (χ3n) is 6.24. The first kappa shape index (κ1) is 20.6. The largest absolute Gasteiger partial charge is 0.337 e. The minimum atomic E-state index is -1.55. The van der Waals surface area contributed by atoms with Gasteiger partial charge in [-0.1, -0.05) is 81.3 Å². The van der Waals surface area contributed by atoms with Gasteiger partial charge in [0, 0.05) is 12.5 Å². The second-order valence-corrected chi connectivity index (χ2v) is 10.5. The van der Waals surface area contributed by atoms with Crippen LogP contribution in [-0.2, 0) is 4.79 Å². The lowest BCUT2D eigenvalue weighted by atomic mass is 9.53. The van der Waals surface area contributed by atoms with Crippen molar-refractivity contribution >= 4 is 40.7 Å². The van der Waals surface area contributed by atoms with E-state index in [1.54, 1.807) is 0 Å². The van der Waals surface area contributed by atoms with Crippen LogP contribution in [-0.4, -0.2) is 21.9 Å². The van der Waals surface area contributed by atoms with Crippen molar-refractivity contribution in [2.24, 2.45) is 17.3 Å². The number of nitrogens with one attached hydrogen (secondary N) is 2. The molecular weight excluding hydrogens is 367 g/mol. The Hall–Kier alpha value is 0.300. The molecule has 0 aliphatic heterocycles. The monoisotopic (exact) mass is 396 g/mol. The molecule has 24 heavy (non-hydrogen) atoms. The van der Waals surface area contributed by atoms with E-state index in [2.05, 4.69) is 31.4 Å². The molecule has 3 atom stereocenters. The summed E-state index contributed by atoms with van der Waals surface area (Å²) in [6, 6.07) is 0.310. The number of carbonyl (C=O) groups is 1. The minimum Gasteiger partial charge on any atom is -0.337 e. The second kappa shape index (κ2) is 8.33. The van der Waals surface area contributed by atoms with Crippen LogP contribution < -0.4 is 10.6 Å². The van der Waals surface area contributed by atoms with Crippen LogP contribution in [0.25, 0.3) is 0 Å². The van der Waals surface area contributed by atoms with E-state index >= 15 is 0 Å². The maximum Gasteiger partial charge on any atom is 0.223 e. The maximum absolute atomic E-state index is 12.5. The van der Waals surface area contributed by atoms with Gasteiger partial charge in [-0.05, 0) is 36.5 Å². The molecule has 2 aliphatic rings. The molecule has 6 heteroatoms. The molecule has 140 valence electrons. The Labute approximate surface area is 161 Å². The molecule has 0 radical (unpaired) electrons.